The molecule has 0 aliphatic rings. The second kappa shape index (κ2) is 8.23. The van der Waals surface area contributed by atoms with Crippen LogP contribution in [0.15, 0.2) is 29.2 Å². The van der Waals surface area contributed by atoms with Gasteiger partial charge in [0.1, 0.15) is 10.7 Å². The fourth-order valence-electron chi connectivity index (χ4n) is 2.83. The number of rotatable bonds is 6. The summed E-state index contributed by atoms with van der Waals surface area (Å²) >= 11 is 6.14. The van der Waals surface area contributed by atoms with Gasteiger partial charge in [-0.25, -0.2) is 13.1 Å². The van der Waals surface area contributed by atoms with Crippen LogP contribution in [0.1, 0.15) is 50.7 Å². The number of aryl methyl sites for hydroxylation is 1. The predicted octanol–water partition coefficient (Wildman–Crippen LogP) is 3.88. The van der Waals surface area contributed by atoms with Crippen LogP contribution in [0, 0.1) is 6.92 Å². The number of benzene rings is 1. The van der Waals surface area contributed by atoms with Crippen molar-refractivity contribution < 1.29 is 13.2 Å². The van der Waals surface area contributed by atoms with E-state index in [2.05, 4.69) is 10.4 Å². The highest BCUT2D eigenvalue weighted by molar-refractivity contribution is 7.89. The van der Waals surface area contributed by atoms with Crippen LogP contribution in [0.25, 0.3) is 0 Å². The fraction of sp³-hybridized carbons (Fsp3) is 0.474. The molecule has 1 N–H and O–H groups in total. The predicted molar refractivity (Wildman–Crippen MR) is 111 cm³/mol. The third kappa shape index (κ3) is 4.56. The zero-order chi connectivity index (χ0) is 21.3. The van der Waals surface area contributed by atoms with Crippen LogP contribution in [-0.2, 0) is 15.6 Å². The first kappa shape index (κ1) is 22.4. The van der Waals surface area contributed by atoms with Crippen molar-refractivity contribution in [2.24, 2.45) is 0 Å². The van der Waals surface area contributed by atoms with Crippen molar-refractivity contribution in [3.05, 3.63) is 40.5 Å². The Morgan fingerprint density at radius 1 is 1.21 bits per heavy atom. The Morgan fingerprint density at radius 2 is 1.82 bits per heavy atom. The van der Waals surface area contributed by atoms with Gasteiger partial charge in [0.25, 0.3) is 5.91 Å². The number of hydrogen-bond donors (Lipinski definition) is 1. The van der Waals surface area contributed by atoms with Gasteiger partial charge in [0.2, 0.25) is 10.0 Å². The molecule has 2 aromatic rings. The summed E-state index contributed by atoms with van der Waals surface area (Å²) < 4.78 is 28.7. The maximum atomic E-state index is 12.8. The molecule has 0 saturated heterocycles. The van der Waals surface area contributed by atoms with Gasteiger partial charge in [0, 0.05) is 24.7 Å². The van der Waals surface area contributed by atoms with Gasteiger partial charge in [0.05, 0.1) is 16.3 Å². The molecule has 0 atom stereocenters. The highest BCUT2D eigenvalue weighted by atomic mass is 35.5. The summed E-state index contributed by atoms with van der Waals surface area (Å²) in [6.07, 6.45) is 0. The lowest BCUT2D eigenvalue weighted by Crippen LogP contribution is -2.31. The van der Waals surface area contributed by atoms with E-state index < -0.39 is 15.9 Å². The van der Waals surface area contributed by atoms with E-state index in [1.54, 1.807) is 24.6 Å². The standard InChI is InChI=1S/C19H27ClN4O3S/c1-7-23(8-2)28(26,27)16-12-14(9-10-15(16)20)18(25)21-17-11-13(3)22-24(17)19(4,5)6/h9-12H,7-8H2,1-6H3,(H,21,25). The van der Waals surface area contributed by atoms with E-state index in [-0.39, 0.29) is 21.0 Å². The van der Waals surface area contributed by atoms with Crippen molar-refractivity contribution in [1.29, 1.82) is 0 Å². The van der Waals surface area contributed by atoms with E-state index in [1.165, 1.54) is 22.5 Å². The second-order valence-corrected chi connectivity index (χ2v) is 9.76. The zero-order valence-corrected chi connectivity index (χ0v) is 18.6. The van der Waals surface area contributed by atoms with Crippen LogP contribution < -0.4 is 5.32 Å². The van der Waals surface area contributed by atoms with Crippen molar-refractivity contribution in [2.45, 2.75) is 52.0 Å². The first-order valence-corrected chi connectivity index (χ1v) is 10.9. The van der Waals surface area contributed by atoms with Crippen molar-refractivity contribution in [3.63, 3.8) is 0 Å². The Morgan fingerprint density at radius 3 is 2.36 bits per heavy atom. The van der Waals surface area contributed by atoms with E-state index in [4.69, 9.17) is 11.6 Å². The van der Waals surface area contributed by atoms with Crippen molar-refractivity contribution >= 4 is 33.3 Å². The molecule has 7 nitrogen and oxygen atoms in total. The summed E-state index contributed by atoms with van der Waals surface area (Å²) in [6.45, 7) is 11.9. The highest BCUT2D eigenvalue weighted by Gasteiger charge is 2.26. The molecule has 0 spiro atoms. The molecule has 154 valence electrons. The first-order valence-electron chi connectivity index (χ1n) is 9.10. The molecule has 0 aliphatic heterocycles. The second-order valence-electron chi connectivity index (χ2n) is 7.44. The average Bonchev–Trinajstić information content (AvgIpc) is 2.96. The van der Waals surface area contributed by atoms with Gasteiger partial charge >= 0.3 is 0 Å². The smallest absolute Gasteiger partial charge is 0.256 e. The number of hydrogen-bond acceptors (Lipinski definition) is 4. The van der Waals surface area contributed by atoms with Crippen molar-refractivity contribution in [2.75, 3.05) is 18.4 Å². The molecular weight excluding hydrogens is 400 g/mol. The van der Waals surface area contributed by atoms with Crippen LogP contribution in [-0.4, -0.2) is 41.5 Å². The van der Waals surface area contributed by atoms with Crippen molar-refractivity contribution in [1.82, 2.24) is 14.1 Å². The SMILES string of the molecule is CCN(CC)S(=O)(=O)c1cc(C(=O)Nc2cc(C)nn2C(C)(C)C)ccc1Cl. The summed E-state index contributed by atoms with van der Waals surface area (Å²) in [7, 11) is -3.78. The van der Waals surface area contributed by atoms with E-state index in [0.717, 1.165) is 5.69 Å². The molecule has 1 heterocycles. The summed E-state index contributed by atoms with van der Waals surface area (Å²) in [6, 6.07) is 6.02. The number of anilines is 1. The van der Waals surface area contributed by atoms with Gasteiger partial charge in [-0.1, -0.05) is 25.4 Å². The number of nitrogens with one attached hydrogen (secondary N) is 1. The molecule has 1 aromatic heterocycles. The van der Waals surface area contributed by atoms with E-state index in [1.807, 2.05) is 27.7 Å². The third-order valence-corrected chi connectivity index (χ3v) is 6.76. The lowest BCUT2D eigenvalue weighted by molar-refractivity contribution is 0.102. The quantitative estimate of drug-likeness (QED) is 0.759. The summed E-state index contributed by atoms with van der Waals surface area (Å²) in [4.78, 5) is 12.7. The molecule has 0 unspecified atom stereocenters. The van der Waals surface area contributed by atoms with Crippen LogP contribution >= 0.6 is 11.6 Å². The molecule has 1 amide bonds. The number of carbonyl (C=O) groups excluding carboxylic acids is 1. The Hall–Kier alpha value is -1.90. The van der Waals surface area contributed by atoms with Gasteiger partial charge < -0.3 is 5.32 Å². The monoisotopic (exact) mass is 426 g/mol. The lowest BCUT2D eigenvalue weighted by Gasteiger charge is -2.22. The Kier molecular flexibility index (Phi) is 6.58. The topological polar surface area (TPSA) is 84.3 Å². The Labute approximate surface area is 171 Å². The highest BCUT2D eigenvalue weighted by Crippen LogP contribution is 2.27. The number of sulfonamides is 1. The van der Waals surface area contributed by atoms with Crippen LogP contribution in [0.5, 0.6) is 0 Å². The van der Waals surface area contributed by atoms with E-state index in [0.29, 0.717) is 18.9 Å². The summed E-state index contributed by atoms with van der Waals surface area (Å²) in [5, 5.41) is 7.33. The largest absolute Gasteiger partial charge is 0.307 e. The molecule has 0 bridgehead atoms. The van der Waals surface area contributed by atoms with Gasteiger partial charge in [-0.3, -0.25) is 4.79 Å². The zero-order valence-electron chi connectivity index (χ0n) is 17.1. The number of aromatic nitrogens is 2. The van der Waals surface area contributed by atoms with Crippen LogP contribution in [0.2, 0.25) is 5.02 Å². The maximum Gasteiger partial charge on any atom is 0.256 e. The van der Waals surface area contributed by atoms with Crippen molar-refractivity contribution in [3.8, 4) is 0 Å². The molecule has 1 aromatic carbocycles. The van der Waals surface area contributed by atoms with Gasteiger partial charge in [-0.05, 0) is 45.9 Å². The summed E-state index contributed by atoms with van der Waals surface area (Å²) in [5.74, 6) is 0.108. The van der Waals surface area contributed by atoms with E-state index in [9.17, 15) is 13.2 Å². The molecule has 28 heavy (non-hydrogen) atoms. The molecule has 0 fully saturated rings. The third-order valence-electron chi connectivity index (χ3n) is 4.23. The first-order chi connectivity index (χ1) is 12.9. The fourth-order valence-corrected chi connectivity index (χ4v) is 4.79. The molecule has 9 heteroatoms. The molecule has 0 aliphatic carbocycles. The number of amides is 1. The summed E-state index contributed by atoms with van der Waals surface area (Å²) in [5.41, 5.74) is 0.647. The number of halogens is 1. The average molecular weight is 427 g/mol. The van der Waals surface area contributed by atoms with Gasteiger partial charge in [-0.2, -0.15) is 9.40 Å². The molecular formula is C19H27ClN4O3S. The maximum absolute atomic E-state index is 12.8. The molecule has 0 saturated carbocycles. The minimum Gasteiger partial charge on any atom is -0.307 e. The van der Waals surface area contributed by atoms with Gasteiger partial charge in [-0.15, -0.1) is 0 Å². The number of carbonyl (C=O) groups is 1. The normalized spacial score (nSPS) is 12.4. The molecule has 2 rings (SSSR count). The van der Waals surface area contributed by atoms with Crippen LogP contribution in [0.4, 0.5) is 5.82 Å². The van der Waals surface area contributed by atoms with Crippen LogP contribution in [0.3, 0.4) is 0 Å². The number of nitrogens with zero attached hydrogens (tertiary/aromatic N) is 3. The van der Waals surface area contributed by atoms with Gasteiger partial charge in [0.15, 0.2) is 0 Å². The molecule has 0 radical (unpaired) electrons. The minimum atomic E-state index is -3.78. The minimum absolute atomic E-state index is 0.0778. The lowest BCUT2D eigenvalue weighted by atomic mass is 10.1. The Bertz CT molecular complexity index is 974. The van der Waals surface area contributed by atoms with E-state index >= 15 is 0 Å². The Balaban J connectivity index is 2.42.